The number of nitrogens with zero attached hydrogens (tertiary/aromatic N) is 6. The summed E-state index contributed by atoms with van der Waals surface area (Å²) in [6, 6.07) is 6.10. The van der Waals surface area contributed by atoms with Gasteiger partial charge in [0.05, 0.1) is 17.4 Å². The molecule has 0 unspecified atom stereocenters. The number of rotatable bonds is 9. The molecule has 0 saturated heterocycles. The van der Waals surface area contributed by atoms with Crippen molar-refractivity contribution in [2.45, 2.75) is 40.0 Å². The van der Waals surface area contributed by atoms with E-state index in [4.69, 9.17) is 4.98 Å². The van der Waals surface area contributed by atoms with Gasteiger partial charge in [-0.2, -0.15) is 0 Å². The number of imidazole rings is 1. The Morgan fingerprint density at radius 2 is 2.00 bits per heavy atom. The van der Waals surface area contributed by atoms with Crippen LogP contribution in [-0.2, 0) is 4.79 Å². The molecule has 0 bridgehead atoms. The van der Waals surface area contributed by atoms with E-state index in [0.29, 0.717) is 30.3 Å². The fourth-order valence-corrected chi connectivity index (χ4v) is 3.58. The molecule has 0 fully saturated rings. The zero-order chi connectivity index (χ0) is 21.8. The van der Waals surface area contributed by atoms with E-state index in [1.54, 1.807) is 12.5 Å². The molecule has 9 nitrogen and oxygen atoms in total. The number of unbranched alkanes of at least 4 members (excludes halogenated alkanes) is 1. The minimum Gasteiger partial charge on any atom is -0.367 e. The number of carbonyl (C=O) groups excluding carboxylic acids is 1. The van der Waals surface area contributed by atoms with Crippen molar-refractivity contribution in [1.82, 2.24) is 34.4 Å². The Morgan fingerprint density at radius 1 is 1.16 bits per heavy atom. The largest absolute Gasteiger partial charge is 0.367 e. The number of fused-ring (bicyclic) bond motifs is 3. The Kier molecular flexibility index (Phi) is 6.11. The fourth-order valence-electron chi connectivity index (χ4n) is 3.58. The van der Waals surface area contributed by atoms with Crippen LogP contribution in [-0.4, -0.2) is 48.1 Å². The third kappa shape index (κ3) is 4.65. The van der Waals surface area contributed by atoms with Crippen molar-refractivity contribution >= 4 is 28.4 Å². The molecule has 0 radical (unpaired) electrons. The number of benzene rings is 1. The first-order chi connectivity index (χ1) is 15.0. The smallest absolute Gasteiger partial charge is 0.220 e. The topological polar surface area (TPSA) is 102 Å². The fraction of sp³-hybridized carbons (Fsp3) is 0.409. The third-order valence-electron chi connectivity index (χ3n) is 5.08. The van der Waals surface area contributed by atoms with Gasteiger partial charge >= 0.3 is 0 Å². The van der Waals surface area contributed by atoms with Crippen LogP contribution in [0.2, 0.25) is 0 Å². The second-order valence-corrected chi connectivity index (χ2v) is 8.09. The van der Waals surface area contributed by atoms with E-state index in [1.807, 2.05) is 54.1 Å². The van der Waals surface area contributed by atoms with Gasteiger partial charge in [-0.3, -0.25) is 9.20 Å². The zero-order valence-electron chi connectivity index (χ0n) is 18.2. The van der Waals surface area contributed by atoms with Gasteiger partial charge in [-0.1, -0.05) is 13.8 Å². The van der Waals surface area contributed by atoms with Crippen LogP contribution in [0.25, 0.3) is 22.4 Å². The molecule has 162 valence electrons. The summed E-state index contributed by atoms with van der Waals surface area (Å²) in [5.74, 6) is 2.02. The minimum absolute atomic E-state index is 0.119. The first-order valence-electron chi connectivity index (χ1n) is 10.7. The van der Waals surface area contributed by atoms with Crippen LogP contribution in [0.3, 0.4) is 0 Å². The molecule has 3 aromatic heterocycles. The maximum absolute atomic E-state index is 11.7. The van der Waals surface area contributed by atoms with Gasteiger partial charge in [-0.15, -0.1) is 10.2 Å². The molecule has 0 aliphatic carbocycles. The quantitative estimate of drug-likeness (QED) is 0.403. The molecule has 0 atom stereocenters. The van der Waals surface area contributed by atoms with E-state index in [0.717, 1.165) is 41.9 Å². The number of nitrogens with one attached hydrogen (secondary N) is 2. The number of carbonyl (C=O) groups is 1. The maximum atomic E-state index is 11.7. The van der Waals surface area contributed by atoms with Crippen LogP contribution >= 0.6 is 0 Å². The van der Waals surface area contributed by atoms with Gasteiger partial charge in [0.2, 0.25) is 11.6 Å². The van der Waals surface area contributed by atoms with Crippen LogP contribution < -0.4 is 10.6 Å². The van der Waals surface area contributed by atoms with Gasteiger partial charge < -0.3 is 15.2 Å². The lowest BCUT2D eigenvalue weighted by Crippen LogP contribution is -2.25. The molecule has 1 aromatic carbocycles. The van der Waals surface area contributed by atoms with Crippen molar-refractivity contribution in [3.05, 3.63) is 42.7 Å². The number of aryl methyl sites for hydroxylation is 1. The van der Waals surface area contributed by atoms with Crippen LogP contribution in [0.1, 0.15) is 38.9 Å². The van der Waals surface area contributed by atoms with Crippen molar-refractivity contribution in [3.63, 3.8) is 0 Å². The summed E-state index contributed by atoms with van der Waals surface area (Å²) in [6.45, 7) is 7.46. The number of aromatic nitrogens is 6. The third-order valence-corrected chi connectivity index (χ3v) is 5.08. The summed E-state index contributed by atoms with van der Waals surface area (Å²) >= 11 is 0. The lowest BCUT2D eigenvalue weighted by atomic mass is 10.1. The van der Waals surface area contributed by atoms with E-state index in [9.17, 15) is 4.79 Å². The van der Waals surface area contributed by atoms with Gasteiger partial charge in [-0.05, 0) is 43.9 Å². The van der Waals surface area contributed by atoms with Gasteiger partial charge in [0, 0.05) is 37.6 Å². The summed E-state index contributed by atoms with van der Waals surface area (Å²) in [5.41, 5.74) is 3.51. The van der Waals surface area contributed by atoms with Crippen molar-refractivity contribution in [2.75, 3.05) is 18.4 Å². The summed E-state index contributed by atoms with van der Waals surface area (Å²) in [5, 5.41) is 14.9. The average Bonchev–Trinajstić information content (AvgIpc) is 3.40. The molecule has 0 aliphatic rings. The second-order valence-electron chi connectivity index (χ2n) is 8.09. The molecule has 4 rings (SSSR count). The van der Waals surface area contributed by atoms with Gasteiger partial charge in [0.25, 0.3) is 0 Å². The van der Waals surface area contributed by atoms with E-state index < -0.39 is 0 Å². The summed E-state index contributed by atoms with van der Waals surface area (Å²) < 4.78 is 3.97. The standard InChI is InChI=1S/C22H28N8O/c1-15(2)12-20(31)24-8-4-5-9-25-21-22-28-27-16(3)30(22)19-7-6-17(13-18(19)26-21)29-11-10-23-14-29/h6-7,10-11,13-15H,4-5,8-9,12H2,1-3H3,(H,24,31)(H,25,26). The predicted octanol–water partition coefficient (Wildman–Crippen LogP) is 3.13. The highest BCUT2D eigenvalue weighted by atomic mass is 16.1. The average molecular weight is 421 g/mol. The van der Waals surface area contributed by atoms with Gasteiger partial charge in [-0.25, -0.2) is 9.97 Å². The molecule has 31 heavy (non-hydrogen) atoms. The molecule has 1 amide bonds. The molecule has 2 N–H and O–H groups in total. The van der Waals surface area contributed by atoms with Crippen molar-refractivity contribution in [3.8, 4) is 5.69 Å². The first-order valence-corrected chi connectivity index (χ1v) is 10.7. The lowest BCUT2D eigenvalue weighted by Gasteiger charge is -2.11. The first kappa shape index (κ1) is 20.8. The Bertz CT molecular complexity index is 1180. The highest BCUT2D eigenvalue weighted by Crippen LogP contribution is 2.23. The number of anilines is 1. The number of hydrogen-bond donors (Lipinski definition) is 2. The molecule has 4 aromatic rings. The molecular formula is C22H28N8O. The van der Waals surface area contributed by atoms with E-state index >= 15 is 0 Å². The molecule has 3 heterocycles. The highest BCUT2D eigenvalue weighted by molar-refractivity contribution is 5.84. The second kappa shape index (κ2) is 9.11. The summed E-state index contributed by atoms with van der Waals surface area (Å²) in [6.07, 6.45) is 7.81. The number of hydrogen-bond acceptors (Lipinski definition) is 6. The Morgan fingerprint density at radius 3 is 2.77 bits per heavy atom. The monoisotopic (exact) mass is 420 g/mol. The maximum Gasteiger partial charge on any atom is 0.220 e. The van der Waals surface area contributed by atoms with Gasteiger partial charge in [0.1, 0.15) is 5.82 Å². The Labute approximate surface area is 180 Å². The normalized spacial score (nSPS) is 11.5. The van der Waals surface area contributed by atoms with E-state index in [2.05, 4.69) is 25.8 Å². The Hall–Kier alpha value is -3.49. The van der Waals surface area contributed by atoms with Crippen LogP contribution in [0, 0.1) is 12.8 Å². The van der Waals surface area contributed by atoms with Crippen molar-refractivity contribution in [2.24, 2.45) is 5.92 Å². The SMILES string of the molecule is Cc1nnc2c(NCCCCNC(=O)CC(C)C)nc3cc(-n4ccnc4)ccc3n12. The van der Waals surface area contributed by atoms with Crippen LogP contribution in [0.4, 0.5) is 5.82 Å². The molecule has 0 saturated carbocycles. The Balaban J connectivity index is 1.47. The minimum atomic E-state index is 0.119. The van der Waals surface area contributed by atoms with E-state index in [-0.39, 0.29) is 5.91 Å². The van der Waals surface area contributed by atoms with Crippen molar-refractivity contribution in [1.29, 1.82) is 0 Å². The van der Waals surface area contributed by atoms with E-state index in [1.165, 1.54) is 0 Å². The predicted molar refractivity (Wildman–Crippen MR) is 120 cm³/mol. The van der Waals surface area contributed by atoms with Crippen LogP contribution in [0.5, 0.6) is 0 Å². The molecule has 9 heteroatoms. The van der Waals surface area contributed by atoms with Crippen LogP contribution in [0.15, 0.2) is 36.9 Å². The molecule has 0 aliphatic heterocycles. The molecule has 0 spiro atoms. The van der Waals surface area contributed by atoms with Crippen molar-refractivity contribution < 1.29 is 4.79 Å². The van der Waals surface area contributed by atoms with Gasteiger partial charge in [0.15, 0.2) is 5.82 Å². The number of amides is 1. The molecular weight excluding hydrogens is 392 g/mol. The summed E-state index contributed by atoms with van der Waals surface area (Å²) in [7, 11) is 0. The highest BCUT2D eigenvalue weighted by Gasteiger charge is 2.13. The zero-order valence-corrected chi connectivity index (χ0v) is 18.2. The summed E-state index contributed by atoms with van der Waals surface area (Å²) in [4.78, 5) is 20.7. The lowest BCUT2D eigenvalue weighted by molar-refractivity contribution is -0.121.